The van der Waals surface area contributed by atoms with Crippen molar-refractivity contribution in [3.8, 4) is 0 Å². The van der Waals surface area contributed by atoms with E-state index in [2.05, 4.69) is 5.32 Å². The van der Waals surface area contributed by atoms with Crippen LogP contribution in [0.4, 0.5) is 0 Å². The van der Waals surface area contributed by atoms with Crippen LogP contribution in [0.2, 0.25) is 0 Å². The summed E-state index contributed by atoms with van der Waals surface area (Å²) in [5.74, 6) is 0. The maximum Gasteiger partial charge on any atom is 0.0148 e. The first-order chi connectivity index (χ1) is 5.15. The molecular weight excluding hydrogens is 162 g/mol. The predicted molar refractivity (Wildman–Crippen MR) is 51.0 cm³/mol. The van der Waals surface area contributed by atoms with Gasteiger partial charge in [-0.25, -0.2) is 0 Å². The van der Waals surface area contributed by atoms with Gasteiger partial charge in [-0.3, -0.25) is 4.21 Å². The Morgan fingerprint density at radius 3 is 1.64 bits per heavy atom. The number of rotatable bonds is 4. The molecule has 0 unspecified atom stereocenters. The lowest BCUT2D eigenvalue weighted by molar-refractivity contribution is 0.690. The first-order valence-corrected chi connectivity index (χ1v) is 5.47. The van der Waals surface area contributed by atoms with Gasteiger partial charge in [-0.15, -0.1) is 0 Å². The van der Waals surface area contributed by atoms with Gasteiger partial charge in [-0.1, -0.05) is 0 Å². The normalized spacial score (nSPS) is 9.18. The van der Waals surface area contributed by atoms with Crippen molar-refractivity contribution in [1.29, 1.82) is 0 Å². The molecule has 0 aliphatic heterocycles. The molecule has 0 aromatic rings. The van der Waals surface area contributed by atoms with Crippen molar-refractivity contribution in [3.63, 3.8) is 0 Å². The van der Waals surface area contributed by atoms with Gasteiger partial charge >= 0.3 is 0 Å². The maximum absolute atomic E-state index is 9.56. The van der Waals surface area contributed by atoms with Crippen molar-refractivity contribution in [2.24, 2.45) is 11.5 Å². The van der Waals surface area contributed by atoms with E-state index in [0.717, 1.165) is 13.1 Å². The van der Waals surface area contributed by atoms with Gasteiger partial charge in [0, 0.05) is 49.5 Å². The van der Waals surface area contributed by atoms with Gasteiger partial charge in [0.1, 0.15) is 0 Å². The van der Waals surface area contributed by atoms with E-state index < -0.39 is 10.8 Å². The lowest BCUT2D eigenvalue weighted by Crippen LogP contribution is -2.27. The minimum Gasteiger partial charge on any atom is -0.329 e. The van der Waals surface area contributed by atoms with Crippen LogP contribution in [0.15, 0.2) is 0 Å². The standard InChI is InChI=1S/C4H13N3.C2H6OS/c5-1-3-7-4-2-6;1-4(2)3/h7H,1-6H2;1-2H3. The number of nitrogens with one attached hydrogen (secondary N) is 1. The van der Waals surface area contributed by atoms with Gasteiger partial charge in [0.2, 0.25) is 0 Å². The summed E-state index contributed by atoms with van der Waals surface area (Å²) in [4.78, 5) is 0. The number of hydrogen-bond acceptors (Lipinski definition) is 4. The van der Waals surface area contributed by atoms with Crippen LogP contribution in [0.3, 0.4) is 0 Å². The first kappa shape index (κ1) is 13.6. The van der Waals surface area contributed by atoms with Crippen molar-refractivity contribution < 1.29 is 4.21 Å². The Morgan fingerprint density at radius 1 is 1.18 bits per heavy atom. The highest BCUT2D eigenvalue weighted by Gasteiger charge is 1.76. The highest BCUT2D eigenvalue weighted by Crippen LogP contribution is 1.49. The second-order valence-electron chi connectivity index (χ2n) is 2.07. The van der Waals surface area contributed by atoms with Crippen molar-refractivity contribution >= 4 is 10.8 Å². The topological polar surface area (TPSA) is 81.1 Å². The summed E-state index contributed by atoms with van der Waals surface area (Å²) in [7, 11) is -0.611. The van der Waals surface area contributed by atoms with Crippen molar-refractivity contribution in [2.45, 2.75) is 0 Å². The van der Waals surface area contributed by atoms with E-state index in [1.807, 2.05) is 0 Å². The summed E-state index contributed by atoms with van der Waals surface area (Å²) in [6.45, 7) is 3.13. The average molecular weight is 181 g/mol. The minimum atomic E-state index is -0.611. The fraction of sp³-hybridized carbons (Fsp3) is 1.00. The third-order valence-electron chi connectivity index (χ3n) is 0.642. The van der Waals surface area contributed by atoms with E-state index >= 15 is 0 Å². The Hall–Kier alpha value is 0.0300. The maximum atomic E-state index is 9.56. The SMILES string of the molecule is CS(C)=O.NCCNCCN. The fourth-order valence-electron chi connectivity index (χ4n) is 0.329. The molecule has 0 aliphatic carbocycles. The van der Waals surface area contributed by atoms with Gasteiger partial charge in [-0.05, 0) is 0 Å². The van der Waals surface area contributed by atoms with Gasteiger partial charge in [0.05, 0.1) is 0 Å². The van der Waals surface area contributed by atoms with Crippen molar-refractivity contribution in [2.75, 3.05) is 38.7 Å². The molecule has 11 heavy (non-hydrogen) atoms. The third-order valence-corrected chi connectivity index (χ3v) is 0.642. The van der Waals surface area contributed by atoms with E-state index in [1.165, 1.54) is 0 Å². The van der Waals surface area contributed by atoms with E-state index in [4.69, 9.17) is 11.5 Å². The van der Waals surface area contributed by atoms with Crippen LogP contribution in [-0.2, 0) is 10.8 Å². The highest BCUT2D eigenvalue weighted by atomic mass is 32.2. The molecular formula is C6H19N3OS. The molecule has 0 saturated heterocycles. The summed E-state index contributed by atoms with van der Waals surface area (Å²) >= 11 is 0. The molecule has 0 spiro atoms. The van der Waals surface area contributed by atoms with Gasteiger partial charge in [-0.2, -0.15) is 0 Å². The molecule has 0 aromatic heterocycles. The average Bonchev–Trinajstić information content (AvgIpc) is 1.88. The van der Waals surface area contributed by atoms with Gasteiger partial charge in [0.25, 0.3) is 0 Å². The molecule has 0 saturated carbocycles. The van der Waals surface area contributed by atoms with Gasteiger partial charge in [0.15, 0.2) is 0 Å². The molecule has 0 aromatic carbocycles. The van der Waals surface area contributed by atoms with Crippen molar-refractivity contribution in [1.82, 2.24) is 5.32 Å². The zero-order valence-corrected chi connectivity index (χ0v) is 8.12. The van der Waals surface area contributed by atoms with E-state index in [1.54, 1.807) is 12.5 Å². The minimum absolute atomic E-state index is 0.611. The smallest absolute Gasteiger partial charge is 0.0148 e. The van der Waals surface area contributed by atoms with Crippen LogP contribution in [0.1, 0.15) is 0 Å². The highest BCUT2D eigenvalue weighted by molar-refractivity contribution is 7.83. The molecule has 0 heterocycles. The van der Waals surface area contributed by atoms with Crippen LogP contribution < -0.4 is 16.8 Å². The van der Waals surface area contributed by atoms with Crippen LogP contribution in [-0.4, -0.2) is 42.9 Å². The Morgan fingerprint density at radius 2 is 1.45 bits per heavy atom. The Bertz CT molecular complexity index is 81.9. The van der Waals surface area contributed by atoms with Gasteiger partial charge < -0.3 is 16.8 Å². The molecule has 70 valence electrons. The molecule has 0 rings (SSSR count). The zero-order valence-electron chi connectivity index (χ0n) is 7.30. The summed E-state index contributed by atoms with van der Waals surface area (Å²) in [6.07, 6.45) is 3.28. The monoisotopic (exact) mass is 181 g/mol. The quantitative estimate of drug-likeness (QED) is 0.461. The lowest BCUT2D eigenvalue weighted by atomic mass is 10.6. The van der Waals surface area contributed by atoms with Crippen LogP contribution in [0.25, 0.3) is 0 Å². The first-order valence-electron chi connectivity index (χ1n) is 3.51. The van der Waals surface area contributed by atoms with E-state index in [0.29, 0.717) is 13.1 Å². The fourth-order valence-corrected chi connectivity index (χ4v) is 0.329. The molecule has 0 amide bonds. The summed E-state index contributed by atoms with van der Waals surface area (Å²) in [5, 5.41) is 3.03. The van der Waals surface area contributed by atoms with E-state index in [9.17, 15) is 4.21 Å². The lowest BCUT2D eigenvalue weighted by Gasteiger charge is -1.95. The van der Waals surface area contributed by atoms with Crippen LogP contribution in [0.5, 0.6) is 0 Å². The Balaban J connectivity index is 0. The van der Waals surface area contributed by atoms with Crippen LogP contribution in [0, 0.1) is 0 Å². The summed E-state index contributed by atoms with van der Waals surface area (Å²) < 4.78 is 9.56. The molecule has 4 nitrogen and oxygen atoms in total. The molecule has 0 aliphatic rings. The second kappa shape index (κ2) is 12.7. The number of nitrogens with two attached hydrogens (primary N) is 2. The predicted octanol–water partition coefficient (Wildman–Crippen LogP) is -1.51. The summed E-state index contributed by atoms with van der Waals surface area (Å²) in [5.41, 5.74) is 10.3. The van der Waals surface area contributed by atoms with E-state index in [-0.39, 0.29) is 0 Å². The van der Waals surface area contributed by atoms with Crippen molar-refractivity contribution in [3.05, 3.63) is 0 Å². The Kier molecular flexibility index (Phi) is 15.7. The molecule has 5 heteroatoms. The second-order valence-corrected chi connectivity index (χ2v) is 3.55. The molecule has 0 radical (unpaired) electrons. The molecule has 0 atom stereocenters. The van der Waals surface area contributed by atoms with Crippen LogP contribution >= 0.6 is 0 Å². The zero-order chi connectivity index (χ0) is 9.11. The largest absolute Gasteiger partial charge is 0.329 e. The third kappa shape index (κ3) is 39.8. The summed E-state index contributed by atoms with van der Waals surface area (Å²) in [6, 6.07) is 0. The Labute approximate surface area is 71.2 Å². The molecule has 0 fully saturated rings. The number of hydrogen-bond donors (Lipinski definition) is 3. The molecule has 0 bridgehead atoms. The molecule has 5 N–H and O–H groups in total.